The van der Waals surface area contributed by atoms with E-state index in [2.05, 4.69) is 17.0 Å². The van der Waals surface area contributed by atoms with Crippen LogP contribution < -0.4 is 9.47 Å². The molecule has 23 heavy (non-hydrogen) atoms. The first-order valence-corrected chi connectivity index (χ1v) is 8.10. The van der Waals surface area contributed by atoms with Gasteiger partial charge in [0.25, 0.3) is 0 Å². The number of hydrogen-bond donors (Lipinski definition) is 0. The van der Waals surface area contributed by atoms with E-state index in [1.807, 2.05) is 42.5 Å². The van der Waals surface area contributed by atoms with Gasteiger partial charge in [-0.1, -0.05) is 42.5 Å². The highest BCUT2D eigenvalue weighted by Gasteiger charge is 2.11. The molecule has 122 valence electrons. The third-order valence-electron chi connectivity index (χ3n) is 3.86. The van der Waals surface area contributed by atoms with E-state index in [0.717, 1.165) is 49.9 Å². The number of hydrogen-bond acceptors (Lipinski definition) is 4. The molecule has 0 aromatic heterocycles. The highest BCUT2D eigenvalue weighted by Crippen LogP contribution is 2.27. The van der Waals surface area contributed by atoms with E-state index in [1.165, 1.54) is 0 Å². The molecule has 4 nitrogen and oxygen atoms in total. The quantitative estimate of drug-likeness (QED) is 0.786. The number of para-hydroxylation sites is 2. The highest BCUT2D eigenvalue weighted by atomic mass is 16.5. The Morgan fingerprint density at radius 1 is 0.826 bits per heavy atom. The fraction of sp³-hybridized carbons (Fsp3) is 0.368. The second-order valence-corrected chi connectivity index (χ2v) is 5.52. The lowest BCUT2D eigenvalue weighted by molar-refractivity contribution is 0.0320. The molecule has 0 bridgehead atoms. The van der Waals surface area contributed by atoms with Gasteiger partial charge in [0.1, 0.15) is 13.2 Å². The molecule has 3 rings (SSSR count). The van der Waals surface area contributed by atoms with Crippen molar-refractivity contribution in [3.8, 4) is 11.5 Å². The molecule has 1 fully saturated rings. The summed E-state index contributed by atoms with van der Waals surface area (Å²) in [6, 6.07) is 18.0. The highest BCUT2D eigenvalue weighted by molar-refractivity contribution is 5.39. The van der Waals surface area contributed by atoms with Gasteiger partial charge in [-0.05, 0) is 17.7 Å². The minimum Gasteiger partial charge on any atom is -0.488 e. The third kappa shape index (κ3) is 4.98. The van der Waals surface area contributed by atoms with Crippen molar-refractivity contribution in [3.05, 3.63) is 60.2 Å². The van der Waals surface area contributed by atoms with Crippen LogP contribution >= 0.6 is 0 Å². The Kier molecular flexibility index (Phi) is 5.89. The zero-order valence-corrected chi connectivity index (χ0v) is 13.3. The van der Waals surface area contributed by atoms with Crippen molar-refractivity contribution in [1.82, 2.24) is 4.90 Å². The first kappa shape index (κ1) is 15.8. The van der Waals surface area contributed by atoms with Gasteiger partial charge in [-0.15, -0.1) is 0 Å². The van der Waals surface area contributed by atoms with Crippen LogP contribution in [0.5, 0.6) is 11.5 Å². The van der Waals surface area contributed by atoms with Gasteiger partial charge in [0.2, 0.25) is 0 Å². The minimum absolute atomic E-state index is 0.546. The smallest absolute Gasteiger partial charge is 0.161 e. The molecule has 0 saturated carbocycles. The normalized spacial score (nSPS) is 15.3. The van der Waals surface area contributed by atoms with Crippen LogP contribution in [-0.2, 0) is 11.3 Å². The van der Waals surface area contributed by atoms with E-state index in [4.69, 9.17) is 14.2 Å². The summed E-state index contributed by atoms with van der Waals surface area (Å²) in [4.78, 5) is 2.36. The average Bonchev–Trinajstić information content (AvgIpc) is 2.63. The zero-order chi connectivity index (χ0) is 15.7. The number of benzene rings is 2. The third-order valence-corrected chi connectivity index (χ3v) is 3.86. The Labute approximate surface area is 137 Å². The molecule has 0 N–H and O–H groups in total. The van der Waals surface area contributed by atoms with Gasteiger partial charge < -0.3 is 14.2 Å². The van der Waals surface area contributed by atoms with Crippen LogP contribution in [0.25, 0.3) is 0 Å². The SMILES string of the molecule is c1ccc(COc2ccccc2OCCN2CCOCC2)cc1. The molecule has 1 heterocycles. The maximum Gasteiger partial charge on any atom is 0.161 e. The molecule has 1 saturated heterocycles. The van der Waals surface area contributed by atoms with E-state index in [0.29, 0.717) is 13.2 Å². The Bertz CT molecular complexity index is 582. The van der Waals surface area contributed by atoms with Crippen LogP contribution in [-0.4, -0.2) is 44.4 Å². The van der Waals surface area contributed by atoms with Crippen molar-refractivity contribution in [2.45, 2.75) is 6.61 Å². The fourth-order valence-electron chi connectivity index (χ4n) is 2.53. The first-order chi connectivity index (χ1) is 11.4. The number of morpholine rings is 1. The predicted octanol–water partition coefficient (Wildman–Crippen LogP) is 2.98. The van der Waals surface area contributed by atoms with Gasteiger partial charge in [-0.25, -0.2) is 0 Å². The summed E-state index contributed by atoms with van der Waals surface area (Å²) in [5.41, 5.74) is 1.15. The molecule has 2 aromatic carbocycles. The van der Waals surface area contributed by atoms with E-state index in [9.17, 15) is 0 Å². The summed E-state index contributed by atoms with van der Waals surface area (Å²) in [5.74, 6) is 1.59. The fourth-order valence-corrected chi connectivity index (χ4v) is 2.53. The molecule has 0 aliphatic carbocycles. The number of ether oxygens (including phenoxy) is 3. The van der Waals surface area contributed by atoms with Crippen molar-refractivity contribution < 1.29 is 14.2 Å². The van der Waals surface area contributed by atoms with E-state index >= 15 is 0 Å². The van der Waals surface area contributed by atoms with Gasteiger partial charge in [-0.2, -0.15) is 0 Å². The maximum absolute atomic E-state index is 5.92. The summed E-state index contributed by atoms with van der Waals surface area (Å²) < 4.78 is 17.2. The molecule has 0 radical (unpaired) electrons. The second kappa shape index (κ2) is 8.56. The monoisotopic (exact) mass is 313 g/mol. The van der Waals surface area contributed by atoms with Crippen LogP contribution in [0.4, 0.5) is 0 Å². The van der Waals surface area contributed by atoms with Crippen LogP contribution in [0.2, 0.25) is 0 Å². The molecule has 4 heteroatoms. The van der Waals surface area contributed by atoms with Gasteiger partial charge >= 0.3 is 0 Å². The van der Waals surface area contributed by atoms with E-state index in [-0.39, 0.29) is 0 Å². The Balaban J connectivity index is 1.50. The van der Waals surface area contributed by atoms with Crippen molar-refractivity contribution in [1.29, 1.82) is 0 Å². The van der Waals surface area contributed by atoms with Crippen LogP contribution in [0.1, 0.15) is 5.56 Å². The van der Waals surface area contributed by atoms with Gasteiger partial charge in [0, 0.05) is 19.6 Å². The maximum atomic E-state index is 5.92. The minimum atomic E-state index is 0.546. The molecule has 0 unspecified atom stereocenters. The van der Waals surface area contributed by atoms with Gasteiger partial charge in [0.15, 0.2) is 11.5 Å². The molecule has 0 spiro atoms. The standard InChI is InChI=1S/C19H23NO3/c1-2-6-17(7-3-1)16-23-19-9-5-4-8-18(19)22-15-12-20-10-13-21-14-11-20/h1-9H,10-16H2. The number of rotatable bonds is 7. The topological polar surface area (TPSA) is 30.9 Å². The van der Waals surface area contributed by atoms with Crippen LogP contribution in [0, 0.1) is 0 Å². The van der Waals surface area contributed by atoms with Crippen molar-refractivity contribution >= 4 is 0 Å². The zero-order valence-electron chi connectivity index (χ0n) is 13.3. The van der Waals surface area contributed by atoms with Gasteiger partial charge in [-0.3, -0.25) is 4.90 Å². The van der Waals surface area contributed by atoms with Crippen LogP contribution in [0.15, 0.2) is 54.6 Å². The molecular formula is C19H23NO3. The molecule has 0 amide bonds. The Morgan fingerprint density at radius 3 is 2.22 bits per heavy atom. The second-order valence-electron chi connectivity index (χ2n) is 5.52. The van der Waals surface area contributed by atoms with Crippen molar-refractivity contribution in [2.75, 3.05) is 39.5 Å². The Hall–Kier alpha value is -2.04. The van der Waals surface area contributed by atoms with Crippen LogP contribution in [0.3, 0.4) is 0 Å². The average molecular weight is 313 g/mol. The largest absolute Gasteiger partial charge is 0.488 e. The summed E-state index contributed by atoms with van der Waals surface area (Å²) in [6.07, 6.45) is 0. The lowest BCUT2D eigenvalue weighted by Crippen LogP contribution is -2.38. The first-order valence-electron chi connectivity index (χ1n) is 8.10. The van der Waals surface area contributed by atoms with Crippen molar-refractivity contribution in [3.63, 3.8) is 0 Å². The lowest BCUT2D eigenvalue weighted by Gasteiger charge is -2.26. The van der Waals surface area contributed by atoms with Crippen molar-refractivity contribution in [2.24, 2.45) is 0 Å². The van der Waals surface area contributed by atoms with E-state index in [1.54, 1.807) is 0 Å². The Morgan fingerprint density at radius 2 is 1.48 bits per heavy atom. The van der Waals surface area contributed by atoms with Gasteiger partial charge in [0.05, 0.1) is 13.2 Å². The summed E-state index contributed by atoms with van der Waals surface area (Å²) in [6.45, 7) is 5.71. The molecule has 2 aromatic rings. The molecule has 1 aliphatic heterocycles. The summed E-state index contributed by atoms with van der Waals surface area (Å²) in [7, 11) is 0. The molecular weight excluding hydrogens is 290 g/mol. The predicted molar refractivity (Wildman–Crippen MR) is 90.0 cm³/mol. The molecule has 0 atom stereocenters. The number of nitrogens with zero attached hydrogens (tertiary/aromatic N) is 1. The molecule has 1 aliphatic rings. The summed E-state index contributed by atoms with van der Waals surface area (Å²) >= 11 is 0. The lowest BCUT2D eigenvalue weighted by atomic mass is 10.2. The van der Waals surface area contributed by atoms with E-state index < -0.39 is 0 Å². The summed E-state index contributed by atoms with van der Waals surface area (Å²) in [5, 5.41) is 0.